The molecule has 1 aliphatic carbocycles. The molecule has 1 fully saturated rings. The SMILES string of the molecule is Cc1cc(C2(CO)CC2)cs1. The first kappa shape index (κ1) is 7.32. The van der Waals surface area contributed by atoms with Crippen molar-refractivity contribution in [1.29, 1.82) is 0 Å². The van der Waals surface area contributed by atoms with Crippen molar-refractivity contribution >= 4 is 11.3 Å². The third-order valence-corrected chi connectivity index (χ3v) is 3.36. The molecule has 1 saturated carbocycles. The second-order valence-electron chi connectivity index (χ2n) is 3.38. The van der Waals surface area contributed by atoms with E-state index in [4.69, 9.17) is 5.11 Å². The van der Waals surface area contributed by atoms with Crippen molar-refractivity contribution in [2.75, 3.05) is 6.61 Å². The molecule has 1 aliphatic rings. The molecule has 1 nitrogen and oxygen atoms in total. The Labute approximate surface area is 70.7 Å². The lowest BCUT2D eigenvalue weighted by atomic mass is 10.0. The van der Waals surface area contributed by atoms with Crippen LogP contribution in [0, 0.1) is 6.92 Å². The summed E-state index contributed by atoms with van der Waals surface area (Å²) in [5.74, 6) is 0. The largest absolute Gasteiger partial charge is 0.395 e. The summed E-state index contributed by atoms with van der Waals surface area (Å²) in [7, 11) is 0. The van der Waals surface area contributed by atoms with Gasteiger partial charge in [0.2, 0.25) is 0 Å². The minimum Gasteiger partial charge on any atom is -0.395 e. The Morgan fingerprint density at radius 2 is 2.36 bits per heavy atom. The molecule has 0 bridgehead atoms. The Kier molecular flexibility index (Phi) is 1.55. The van der Waals surface area contributed by atoms with Gasteiger partial charge in [0.05, 0.1) is 6.61 Å². The first-order valence-electron chi connectivity index (χ1n) is 3.93. The molecule has 0 amide bonds. The van der Waals surface area contributed by atoms with E-state index in [2.05, 4.69) is 18.4 Å². The second kappa shape index (κ2) is 2.32. The zero-order chi connectivity index (χ0) is 7.90. The van der Waals surface area contributed by atoms with Crippen molar-refractivity contribution in [2.45, 2.75) is 25.2 Å². The van der Waals surface area contributed by atoms with Crippen LogP contribution >= 0.6 is 11.3 Å². The molecular weight excluding hydrogens is 156 g/mol. The number of thiophene rings is 1. The minimum absolute atomic E-state index is 0.171. The zero-order valence-corrected chi connectivity index (χ0v) is 7.45. The van der Waals surface area contributed by atoms with Gasteiger partial charge in [0.25, 0.3) is 0 Å². The van der Waals surface area contributed by atoms with Gasteiger partial charge in [-0.2, -0.15) is 0 Å². The van der Waals surface area contributed by atoms with Crippen LogP contribution in [0.4, 0.5) is 0 Å². The van der Waals surface area contributed by atoms with E-state index in [0.29, 0.717) is 6.61 Å². The third-order valence-electron chi connectivity index (χ3n) is 2.50. The number of rotatable bonds is 2. The number of aryl methyl sites for hydroxylation is 1. The number of aliphatic hydroxyl groups is 1. The van der Waals surface area contributed by atoms with Crippen LogP contribution in [-0.2, 0) is 5.41 Å². The predicted octanol–water partition coefficient (Wildman–Crippen LogP) is 2.08. The second-order valence-corrected chi connectivity index (χ2v) is 4.50. The van der Waals surface area contributed by atoms with Gasteiger partial charge in [-0.1, -0.05) is 0 Å². The first-order chi connectivity index (χ1) is 5.27. The van der Waals surface area contributed by atoms with E-state index >= 15 is 0 Å². The van der Waals surface area contributed by atoms with Crippen LogP contribution in [0.5, 0.6) is 0 Å². The molecule has 0 unspecified atom stereocenters. The Morgan fingerprint density at radius 1 is 1.64 bits per heavy atom. The highest BCUT2D eigenvalue weighted by atomic mass is 32.1. The van der Waals surface area contributed by atoms with E-state index in [9.17, 15) is 0 Å². The van der Waals surface area contributed by atoms with Gasteiger partial charge in [-0.05, 0) is 36.8 Å². The molecule has 1 N–H and O–H groups in total. The van der Waals surface area contributed by atoms with Crippen LogP contribution in [0.3, 0.4) is 0 Å². The van der Waals surface area contributed by atoms with Gasteiger partial charge in [0.1, 0.15) is 0 Å². The van der Waals surface area contributed by atoms with Crippen molar-refractivity contribution < 1.29 is 5.11 Å². The van der Waals surface area contributed by atoms with Gasteiger partial charge in [0, 0.05) is 10.3 Å². The van der Waals surface area contributed by atoms with Crippen LogP contribution in [0.25, 0.3) is 0 Å². The van der Waals surface area contributed by atoms with Gasteiger partial charge in [-0.15, -0.1) is 11.3 Å². The molecule has 1 heterocycles. The maximum Gasteiger partial charge on any atom is 0.0528 e. The summed E-state index contributed by atoms with van der Waals surface area (Å²) in [4.78, 5) is 1.35. The van der Waals surface area contributed by atoms with Crippen molar-refractivity contribution in [3.05, 3.63) is 21.9 Å². The van der Waals surface area contributed by atoms with Crippen LogP contribution < -0.4 is 0 Å². The highest BCUT2D eigenvalue weighted by Crippen LogP contribution is 2.48. The summed E-state index contributed by atoms with van der Waals surface area (Å²) < 4.78 is 0. The molecule has 60 valence electrons. The maximum absolute atomic E-state index is 9.12. The normalized spacial score (nSPS) is 20.2. The fourth-order valence-electron chi connectivity index (χ4n) is 1.41. The number of hydrogen-bond acceptors (Lipinski definition) is 2. The molecule has 11 heavy (non-hydrogen) atoms. The number of hydrogen-bond donors (Lipinski definition) is 1. The van der Waals surface area contributed by atoms with E-state index in [1.165, 1.54) is 23.3 Å². The molecule has 2 rings (SSSR count). The minimum atomic E-state index is 0.171. The molecule has 0 saturated heterocycles. The Morgan fingerprint density at radius 3 is 2.73 bits per heavy atom. The average Bonchev–Trinajstić information content (AvgIpc) is 2.70. The third kappa shape index (κ3) is 1.10. The summed E-state index contributed by atoms with van der Waals surface area (Å²) in [6.07, 6.45) is 2.33. The van der Waals surface area contributed by atoms with E-state index in [0.717, 1.165) is 0 Å². The van der Waals surface area contributed by atoms with E-state index in [1.807, 2.05) is 0 Å². The van der Waals surface area contributed by atoms with Gasteiger partial charge >= 0.3 is 0 Å². The van der Waals surface area contributed by atoms with Gasteiger partial charge in [-0.25, -0.2) is 0 Å². The molecule has 1 aromatic rings. The monoisotopic (exact) mass is 168 g/mol. The Bertz CT molecular complexity index is 260. The molecule has 0 aliphatic heterocycles. The smallest absolute Gasteiger partial charge is 0.0528 e. The Balaban J connectivity index is 2.29. The van der Waals surface area contributed by atoms with Crippen LogP contribution in [0.2, 0.25) is 0 Å². The lowest BCUT2D eigenvalue weighted by Crippen LogP contribution is -2.10. The van der Waals surface area contributed by atoms with Crippen LogP contribution in [0.15, 0.2) is 11.4 Å². The van der Waals surface area contributed by atoms with E-state index < -0.39 is 0 Å². The van der Waals surface area contributed by atoms with Crippen LogP contribution in [0.1, 0.15) is 23.3 Å². The van der Waals surface area contributed by atoms with Gasteiger partial charge in [-0.3, -0.25) is 0 Å². The fourth-order valence-corrected chi connectivity index (χ4v) is 2.24. The first-order valence-corrected chi connectivity index (χ1v) is 4.81. The van der Waals surface area contributed by atoms with E-state index in [-0.39, 0.29) is 5.41 Å². The predicted molar refractivity (Wildman–Crippen MR) is 47.1 cm³/mol. The Hall–Kier alpha value is -0.340. The average molecular weight is 168 g/mol. The standard InChI is InChI=1S/C9H12OS/c1-7-4-8(5-11-7)9(6-10)2-3-9/h4-5,10H,2-3,6H2,1H3. The molecular formula is C9H12OS. The van der Waals surface area contributed by atoms with E-state index in [1.54, 1.807) is 11.3 Å². The molecule has 0 radical (unpaired) electrons. The summed E-state index contributed by atoms with van der Waals surface area (Å²) in [6, 6.07) is 2.20. The topological polar surface area (TPSA) is 20.2 Å². The van der Waals surface area contributed by atoms with Crippen LogP contribution in [-0.4, -0.2) is 11.7 Å². The molecule has 0 aromatic carbocycles. The van der Waals surface area contributed by atoms with Crippen molar-refractivity contribution in [2.24, 2.45) is 0 Å². The lowest BCUT2D eigenvalue weighted by Gasteiger charge is -2.07. The fraction of sp³-hybridized carbons (Fsp3) is 0.556. The maximum atomic E-state index is 9.12. The molecule has 2 heteroatoms. The molecule has 0 atom stereocenters. The van der Waals surface area contributed by atoms with Crippen molar-refractivity contribution in [3.8, 4) is 0 Å². The molecule has 0 spiro atoms. The van der Waals surface area contributed by atoms with Crippen molar-refractivity contribution in [1.82, 2.24) is 0 Å². The number of aliphatic hydroxyl groups excluding tert-OH is 1. The van der Waals surface area contributed by atoms with Gasteiger partial charge < -0.3 is 5.11 Å². The zero-order valence-electron chi connectivity index (χ0n) is 6.63. The summed E-state index contributed by atoms with van der Waals surface area (Å²) in [5, 5.41) is 11.3. The molecule has 1 aromatic heterocycles. The highest BCUT2D eigenvalue weighted by molar-refractivity contribution is 7.10. The summed E-state index contributed by atoms with van der Waals surface area (Å²) in [6.45, 7) is 2.44. The summed E-state index contributed by atoms with van der Waals surface area (Å²) >= 11 is 1.78. The van der Waals surface area contributed by atoms with Gasteiger partial charge in [0.15, 0.2) is 0 Å². The summed E-state index contributed by atoms with van der Waals surface area (Å²) in [5.41, 5.74) is 1.52. The lowest BCUT2D eigenvalue weighted by molar-refractivity contribution is 0.255. The van der Waals surface area contributed by atoms with Crippen molar-refractivity contribution in [3.63, 3.8) is 0 Å². The quantitative estimate of drug-likeness (QED) is 0.717. The highest BCUT2D eigenvalue weighted by Gasteiger charge is 2.43.